The third-order valence-corrected chi connectivity index (χ3v) is 4.95. The number of Topliss-reactive ketones (excluding diaryl/α,β-unsaturated/α-hetero) is 1. The van der Waals surface area contributed by atoms with E-state index in [0.29, 0.717) is 5.69 Å². The van der Waals surface area contributed by atoms with Crippen molar-refractivity contribution in [2.75, 3.05) is 18.5 Å². The van der Waals surface area contributed by atoms with Gasteiger partial charge in [-0.05, 0) is 31.4 Å². The first-order valence-electron chi connectivity index (χ1n) is 8.84. The molecule has 0 aromatic heterocycles. The van der Waals surface area contributed by atoms with Crippen LogP contribution < -0.4 is 5.32 Å². The number of ketones is 1. The molecule has 1 aromatic carbocycles. The first kappa shape index (κ1) is 20.5. The number of aryl methyl sites for hydroxylation is 2. The van der Waals surface area contributed by atoms with Gasteiger partial charge in [0.1, 0.15) is 5.78 Å². The van der Waals surface area contributed by atoms with E-state index in [1.165, 1.54) is 0 Å². The average molecular weight is 376 g/mol. The number of nitrogens with one attached hydrogen (secondary N) is 1. The number of nitro groups is 1. The van der Waals surface area contributed by atoms with Crippen LogP contribution in [0.25, 0.3) is 0 Å². The molecule has 1 aromatic rings. The maximum atomic E-state index is 12.0. The van der Waals surface area contributed by atoms with Gasteiger partial charge in [0.05, 0.1) is 6.42 Å². The minimum Gasteiger partial charge on any atom is -0.456 e. The zero-order valence-electron chi connectivity index (χ0n) is 15.7. The molecule has 1 aliphatic carbocycles. The van der Waals surface area contributed by atoms with Gasteiger partial charge in [0, 0.05) is 28.9 Å². The van der Waals surface area contributed by atoms with Crippen molar-refractivity contribution < 1.29 is 24.0 Å². The normalized spacial score (nSPS) is 21.7. The first-order chi connectivity index (χ1) is 12.7. The van der Waals surface area contributed by atoms with Crippen LogP contribution in [0.1, 0.15) is 30.9 Å². The van der Waals surface area contributed by atoms with Gasteiger partial charge in [-0.15, -0.1) is 0 Å². The van der Waals surface area contributed by atoms with Crippen molar-refractivity contribution in [2.24, 2.45) is 17.8 Å². The fourth-order valence-electron chi connectivity index (χ4n) is 3.52. The zero-order chi connectivity index (χ0) is 20.1. The summed E-state index contributed by atoms with van der Waals surface area (Å²) in [6, 6.07) is 5.55. The van der Waals surface area contributed by atoms with Crippen LogP contribution in [0.3, 0.4) is 0 Å². The topological polar surface area (TPSA) is 116 Å². The van der Waals surface area contributed by atoms with Gasteiger partial charge >= 0.3 is 5.97 Å². The summed E-state index contributed by atoms with van der Waals surface area (Å²) in [7, 11) is 0. The summed E-state index contributed by atoms with van der Waals surface area (Å²) >= 11 is 0. The molecule has 0 aliphatic heterocycles. The first-order valence-corrected chi connectivity index (χ1v) is 8.84. The molecule has 146 valence electrons. The van der Waals surface area contributed by atoms with Gasteiger partial charge in [-0.2, -0.15) is 0 Å². The second kappa shape index (κ2) is 8.75. The molecule has 8 heteroatoms. The molecule has 0 spiro atoms. The fraction of sp³-hybridized carbons (Fsp3) is 0.526. The number of nitrogens with zero attached hydrogens (tertiary/aromatic N) is 1. The highest BCUT2D eigenvalue weighted by molar-refractivity contribution is 5.94. The lowest BCUT2D eigenvalue weighted by Gasteiger charge is -2.17. The molecular formula is C19H24N2O6. The quantitative estimate of drug-likeness (QED) is 0.443. The second-order valence-electron chi connectivity index (χ2n) is 7.16. The Kier molecular flexibility index (Phi) is 6.65. The Balaban J connectivity index is 1.86. The van der Waals surface area contributed by atoms with Crippen molar-refractivity contribution in [3.8, 4) is 0 Å². The number of carbonyl (C=O) groups is 3. The number of hydrogen-bond donors (Lipinski definition) is 1. The molecule has 0 saturated heterocycles. The maximum Gasteiger partial charge on any atom is 0.307 e. The number of carbonyl (C=O) groups excluding carboxylic acids is 3. The van der Waals surface area contributed by atoms with Crippen molar-refractivity contribution in [1.29, 1.82) is 0 Å². The van der Waals surface area contributed by atoms with Crippen molar-refractivity contribution in [3.05, 3.63) is 39.4 Å². The van der Waals surface area contributed by atoms with E-state index in [2.05, 4.69) is 5.32 Å². The molecule has 2 rings (SSSR count). The molecule has 1 amide bonds. The molecule has 1 N–H and O–H groups in total. The van der Waals surface area contributed by atoms with Crippen LogP contribution in [0.5, 0.6) is 0 Å². The van der Waals surface area contributed by atoms with E-state index >= 15 is 0 Å². The minimum absolute atomic E-state index is 0.145. The van der Waals surface area contributed by atoms with E-state index in [4.69, 9.17) is 4.74 Å². The molecule has 0 bridgehead atoms. The predicted molar refractivity (Wildman–Crippen MR) is 97.8 cm³/mol. The van der Waals surface area contributed by atoms with Crippen LogP contribution >= 0.6 is 0 Å². The smallest absolute Gasteiger partial charge is 0.307 e. The monoisotopic (exact) mass is 376 g/mol. The Bertz CT molecular complexity index is 761. The number of amides is 1. The summed E-state index contributed by atoms with van der Waals surface area (Å²) in [5.74, 6) is -2.70. The summed E-state index contributed by atoms with van der Waals surface area (Å²) in [5.41, 5.74) is 2.59. The van der Waals surface area contributed by atoms with E-state index in [-0.39, 0.29) is 31.1 Å². The van der Waals surface area contributed by atoms with Crippen molar-refractivity contribution in [2.45, 2.75) is 33.6 Å². The van der Waals surface area contributed by atoms with Gasteiger partial charge in [0.2, 0.25) is 6.54 Å². The van der Waals surface area contributed by atoms with E-state index in [1.807, 2.05) is 26.0 Å². The van der Waals surface area contributed by atoms with Crippen LogP contribution in [0.4, 0.5) is 5.69 Å². The highest BCUT2D eigenvalue weighted by Gasteiger charge is 2.44. The number of benzene rings is 1. The van der Waals surface area contributed by atoms with E-state index in [0.717, 1.165) is 11.1 Å². The number of rotatable bonds is 7. The van der Waals surface area contributed by atoms with Crippen molar-refractivity contribution >= 4 is 23.3 Å². The second-order valence-corrected chi connectivity index (χ2v) is 7.16. The molecule has 0 radical (unpaired) electrons. The molecule has 8 nitrogen and oxygen atoms in total. The van der Waals surface area contributed by atoms with Crippen LogP contribution in [0.2, 0.25) is 0 Å². The molecule has 27 heavy (non-hydrogen) atoms. The number of anilines is 1. The standard InChI is InChI=1S/C19H24N2O6/c1-11-4-5-16(13(3)6-11)20-18(23)10-27-19(24)8-14-15(9-21(25)26)12(2)7-17(14)22/h4-6,12,14-15H,7-10H2,1-3H3,(H,20,23)/t12-,14+,15+/m1/s1. The highest BCUT2D eigenvalue weighted by atomic mass is 16.6. The Morgan fingerprint density at radius 2 is 2.04 bits per heavy atom. The predicted octanol–water partition coefficient (Wildman–Crippen LogP) is 2.29. The Morgan fingerprint density at radius 3 is 2.67 bits per heavy atom. The van der Waals surface area contributed by atoms with Crippen LogP contribution in [0, 0.1) is 41.7 Å². The zero-order valence-corrected chi connectivity index (χ0v) is 15.7. The third-order valence-electron chi connectivity index (χ3n) is 4.95. The Morgan fingerprint density at radius 1 is 1.33 bits per heavy atom. The molecule has 3 atom stereocenters. The van der Waals surface area contributed by atoms with Crippen LogP contribution in [-0.2, 0) is 19.1 Å². The van der Waals surface area contributed by atoms with E-state index < -0.39 is 35.2 Å². The molecule has 1 aliphatic rings. The minimum atomic E-state index is -0.722. The van der Waals surface area contributed by atoms with Gasteiger partial charge in [0.25, 0.3) is 5.91 Å². The van der Waals surface area contributed by atoms with Gasteiger partial charge in [-0.1, -0.05) is 24.6 Å². The van der Waals surface area contributed by atoms with E-state index in [1.54, 1.807) is 13.0 Å². The van der Waals surface area contributed by atoms with Crippen LogP contribution in [-0.4, -0.2) is 35.7 Å². The van der Waals surface area contributed by atoms with Gasteiger partial charge in [0.15, 0.2) is 6.61 Å². The molecule has 1 fully saturated rings. The highest BCUT2D eigenvalue weighted by Crippen LogP contribution is 2.36. The number of hydrogen-bond acceptors (Lipinski definition) is 6. The fourth-order valence-corrected chi connectivity index (χ4v) is 3.52. The SMILES string of the molecule is Cc1ccc(NC(=O)COC(=O)C[C@@H]2C(=O)C[C@@H](C)[C@@H]2C[N+](=O)[O-])c(C)c1. The van der Waals surface area contributed by atoms with Gasteiger partial charge in [-0.3, -0.25) is 24.5 Å². The van der Waals surface area contributed by atoms with Gasteiger partial charge in [-0.25, -0.2) is 0 Å². The molecule has 0 heterocycles. The van der Waals surface area contributed by atoms with E-state index in [9.17, 15) is 24.5 Å². The van der Waals surface area contributed by atoms with Crippen molar-refractivity contribution in [1.82, 2.24) is 0 Å². The molecular weight excluding hydrogens is 352 g/mol. The summed E-state index contributed by atoms with van der Waals surface area (Å²) in [4.78, 5) is 46.4. The van der Waals surface area contributed by atoms with Crippen LogP contribution in [0.15, 0.2) is 18.2 Å². The lowest BCUT2D eigenvalue weighted by atomic mass is 9.88. The average Bonchev–Trinajstić information content (AvgIpc) is 2.82. The lowest BCUT2D eigenvalue weighted by Crippen LogP contribution is -2.28. The number of esters is 1. The summed E-state index contributed by atoms with van der Waals surface area (Å²) < 4.78 is 4.97. The molecule has 1 saturated carbocycles. The summed E-state index contributed by atoms with van der Waals surface area (Å²) in [5, 5.41) is 13.5. The maximum absolute atomic E-state index is 12.0. The third kappa shape index (κ3) is 5.60. The Hall–Kier alpha value is -2.77. The summed E-state index contributed by atoms with van der Waals surface area (Å²) in [6.45, 7) is 4.75. The summed E-state index contributed by atoms with van der Waals surface area (Å²) in [6.07, 6.45) is -0.0117. The number of ether oxygens (including phenoxy) is 1. The molecule has 0 unspecified atom stereocenters. The van der Waals surface area contributed by atoms with Gasteiger partial charge < -0.3 is 10.1 Å². The largest absolute Gasteiger partial charge is 0.456 e. The van der Waals surface area contributed by atoms with Crippen molar-refractivity contribution in [3.63, 3.8) is 0 Å². The lowest BCUT2D eigenvalue weighted by molar-refractivity contribution is -0.490. The Labute approximate surface area is 157 Å².